The largest absolute Gasteiger partial charge is 0.508 e. The van der Waals surface area contributed by atoms with Crippen LogP contribution in [0.1, 0.15) is 30.5 Å². The molecule has 7 heteroatoms. The van der Waals surface area contributed by atoms with Crippen LogP contribution in [0.4, 0.5) is 11.5 Å². The Morgan fingerprint density at radius 1 is 1.06 bits per heavy atom. The van der Waals surface area contributed by atoms with Crippen molar-refractivity contribution in [2.45, 2.75) is 32.2 Å². The van der Waals surface area contributed by atoms with Crippen molar-refractivity contribution in [3.8, 4) is 11.8 Å². The molecule has 2 aliphatic heterocycles. The van der Waals surface area contributed by atoms with E-state index in [4.69, 9.17) is 15.5 Å². The third-order valence-electron chi connectivity index (χ3n) is 6.29. The number of benzene rings is 2. The second kappa shape index (κ2) is 8.59. The number of nitrogens with zero attached hydrogens (tertiary/aromatic N) is 4. The van der Waals surface area contributed by atoms with Gasteiger partial charge in [0.1, 0.15) is 11.6 Å². The van der Waals surface area contributed by atoms with Gasteiger partial charge in [-0.3, -0.25) is 0 Å². The summed E-state index contributed by atoms with van der Waals surface area (Å²) in [6.45, 7) is 5.45. The van der Waals surface area contributed by atoms with Gasteiger partial charge in [0.15, 0.2) is 0 Å². The molecule has 162 valence electrons. The zero-order valence-electron chi connectivity index (χ0n) is 17.8. The molecule has 5 rings (SSSR count). The molecular formula is C24H29N5O2. The number of anilines is 2. The Morgan fingerprint density at radius 2 is 1.90 bits per heavy atom. The maximum atomic E-state index is 10.2. The standard InChI is InChI=1S/C24H29N5O2/c25-23-20-8-12-29(22-15-18(30)14-17-6-1-2-7-19(17)22)16-21(20)26-24(27-23)31-13-5-11-28-9-3-4-10-28/h1-2,6-7,14-15,30H,3-5,8-13,16H2,(H2,25,26,27). The number of ether oxygens (including phenoxy) is 1. The van der Waals surface area contributed by atoms with Gasteiger partial charge in [-0.15, -0.1) is 0 Å². The van der Waals surface area contributed by atoms with E-state index in [9.17, 15) is 5.11 Å². The van der Waals surface area contributed by atoms with Crippen LogP contribution in [0.5, 0.6) is 11.8 Å². The number of hydrogen-bond donors (Lipinski definition) is 2. The number of rotatable bonds is 6. The van der Waals surface area contributed by atoms with Gasteiger partial charge in [0, 0.05) is 35.8 Å². The van der Waals surface area contributed by atoms with Crippen LogP contribution in [-0.4, -0.2) is 52.8 Å². The lowest BCUT2D eigenvalue weighted by molar-refractivity contribution is 0.249. The van der Waals surface area contributed by atoms with E-state index in [2.05, 4.69) is 20.9 Å². The molecule has 1 aromatic heterocycles. The summed E-state index contributed by atoms with van der Waals surface area (Å²) in [5, 5.41) is 12.4. The minimum absolute atomic E-state index is 0.267. The second-order valence-corrected chi connectivity index (χ2v) is 8.43. The van der Waals surface area contributed by atoms with Gasteiger partial charge in [-0.1, -0.05) is 24.3 Å². The minimum Gasteiger partial charge on any atom is -0.508 e. The van der Waals surface area contributed by atoms with Crippen LogP contribution in [0.15, 0.2) is 36.4 Å². The van der Waals surface area contributed by atoms with Crippen LogP contribution >= 0.6 is 0 Å². The molecule has 3 heterocycles. The normalized spacial score (nSPS) is 16.6. The zero-order valence-corrected chi connectivity index (χ0v) is 17.8. The van der Waals surface area contributed by atoms with Crippen molar-refractivity contribution in [2.75, 3.05) is 43.4 Å². The number of likely N-dealkylation sites (tertiary alicyclic amines) is 1. The predicted molar refractivity (Wildman–Crippen MR) is 123 cm³/mol. The highest BCUT2D eigenvalue weighted by atomic mass is 16.5. The van der Waals surface area contributed by atoms with Crippen molar-refractivity contribution < 1.29 is 9.84 Å². The summed E-state index contributed by atoms with van der Waals surface area (Å²) in [6, 6.07) is 12.1. The number of phenols is 1. The van der Waals surface area contributed by atoms with E-state index in [0.29, 0.717) is 25.0 Å². The van der Waals surface area contributed by atoms with Crippen LogP contribution in [0.2, 0.25) is 0 Å². The van der Waals surface area contributed by atoms with Crippen LogP contribution in [0.3, 0.4) is 0 Å². The van der Waals surface area contributed by atoms with Crippen molar-refractivity contribution in [3.63, 3.8) is 0 Å². The Hall–Kier alpha value is -3.06. The van der Waals surface area contributed by atoms with Crippen molar-refractivity contribution in [1.82, 2.24) is 14.9 Å². The summed E-state index contributed by atoms with van der Waals surface area (Å²) in [4.78, 5) is 13.8. The second-order valence-electron chi connectivity index (χ2n) is 8.43. The fraction of sp³-hybridized carbons (Fsp3) is 0.417. The molecule has 0 atom stereocenters. The molecule has 31 heavy (non-hydrogen) atoms. The van der Waals surface area contributed by atoms with Crippen LogP contribution < -0.4 is 15.4 Å². The van der Waals surface area contributed by atoms with Gasteiger partial charge < -0.3 is 25.4 Å². The van der Waals surface area contributed by atoms with Gasteiger partial charge in [-0.2, -0.15) is 9.97 Å². The molecule has 0 amide bonds. The van der Waals surface area contributed by atoms with Gasteiger partial charge in [0.25, 0.3) is 0 Å². The van der Waals surface area contributed by atoms with Crippen molar-refractivity contribution in [2.24, 2.45) is 0 Å². The van der Waals surface area contributed by atoms with Gasteiger partial charge in [-0.05, 0) is 50.2 Å². The summed E-state index contributed by atoms with van der Waals surface area (Å²) in [5.74, 6) is 0.781. The summed E-state index contributed by atoms with van der Waals surface area (Å²) in [6.07, 6.45) is 4.33. The molecular weight excluding hydrogens is 390 g/mol. The Labute approximate surface area is 182 Å². The van der Waals surface area contributed by atoms with Crippen molar-refractivity contribution >= 4 is 22.3 Å². The first-order chi connectivity index (χ1) is 15.2. The molecule has 0 spiro atoms. The van der Waals surface area contributed by atoms with Gasteiger partial charge in [0.05, 0.1) is 18.8 Å². The van der Waals surface area contributed by atoms with Crippen LogP contribution in [0, 0.1) is 0 Å². The smallest absolute Gasteiger partial charge is 0.318 e. The number of hydrogen-bond acceptors (Lipinski definition) is 7. The molecule has 1 fully saturated rings. The van der Waals surface area contributed by atoms with Crippen LogP contribution in [-0.2, 0) is 13.0 Å². The van der Waals surface area contributed by atoms with E-state index in [0.717, 1.165) is 53.6 Å². The molecule has 0 aliphatic carbocycles. The molecule has 0 bridgehead atoms. The molecule has 1 saturated heterocycles. The quantitative estimate of drug-likeness (QED) is 0.593. The lowest BCUT2D eigenvalue weighted by atomic mass is 10.0. The van der Waals surface area contributed by atoms with E-state index in [1.165, 1.54) is 25.9 Å². The van der Waals surface area contributed by atoms with E-state index >= 15 is 0 Å². The molecule has 2 aliphatic rings. The molecule has 2 aromatic carbocycles. The Balaban J connectivity index is 1.32. The van der Waals surface area contributed by atoms with Gasteiger partial charge in [0.2, 0.25) is 0 Å². The summed E-state index contributed by atoms with van der Waals surface area (Å²) < 4.78 is 5.86. The first-order valence-electron chi connectivity index (χ1n) is 11.1. The fourth-order valence-corrected chi connectivity index (χ4v) is 4.70. The highest BCUT2D eigenvalue weighted by Crippen LogP contribution is 2.35. The van der Waals surface area contributed by atoms with E-state index in [-0.39, 0.29) is 5.75 Å². The average molecular weight is 420 g/mol. The Morgan fingerprint density at radius 3 is 2.77 bits per heavy atom. The minimum atomic E-state index is 0.267. The molecule has 3 aromatic rings. The predicted octanol–water partition coefficient (Wildman–Crippen LogP) is 3.35. The van der Waals surface area contributed by atoms with E-state index < -0.39 is 0 Å². The SMILES string of the molecule is Nc1nc(OCCCN2CCCC2)nc2c1CCN(c1cc(O)cc3ccccc13)C2. The Kier molecular flexibility index (Phi) is 5.51. The third-order valence-corrected chi connectivity index (χ3v) is 6.29. The molecule has 0 unspecified atom stereocenters. The average Bonchev–Trinajstić information content (AvgIpc) is 3.29. The fourth-order valence-electron chi connectivity index (χ4n) is 4.70. The summed E-state index contributed by atoms with van der Waals surface area (Å²) in [5.41, 5.74) is 9.16. The van der Waals surface area contributed by atoms with Gasteiger partial charge >= 0.3 is 6.01 Å². The van der Waals surface area contributed by atoms with E-state index in [1.807, 2.05) is 24.3 Å². The van der Waals surface area contributed by atoms with Gasteiger partial charge in [-0.25, -0.2) is 0 Å². The molecule has 3 N–H and O–H groups in total. The number of nitrogen functional groups attached to an aromatic ring is 1. The lowest BCUT2D eigenvalue weighted by Crippen LogP contribution is -2.32. The highest BCUT2D eigenvalue weighted by Gasteiger charge is 2.23. The van der Waals surface area contributed by atoms with Crippen molar-refractivity contribution in [1.29, 1.82) is 0 Å². The molecule has 7 nitrogen and oxygen atoms in total. The van der Waals surface area contributed by atoms with Crippen molar-refractivity contribution in [3.05, 3.63) is 47.7 Å². The monoisotopic (exact) mass is 419 g/mol. The third kappa shape index (κ3) is 4.23. The molecule has 0 saturated carbocycles. The summed E-state index contributed by atoms with van der Waals surface area (Å²) in [7, 11) is 0. The number of aromatic hydroxyl groups is 1. The topological polar surface area (TPSA) is 87.7 Å². The summed E-state index contributed by atoms with van der Waals surface area (Å²) >= 11 is 0. The van der Waals surface area contributed by atoms with Crippen LogP contribution in [0.25, 0.3) is 10.8 Å². The maximum Gasteiger partial charge on any atom is 0.318 e. The Bertz CT molecular complexity index is 1080. The maximum absolute atomic E-state index is 10.2. The number of nitrogens with two attached hydrogens (primary N) is 1. The van der Waals surface area contributed by atoms with E-state index in [1.54, 1.807) is 6.07 Å². The molecule has 0 radical (unpaired) electrons. The number of fused-ring (bicyclic) bond motifs is 2. The first kappa shape index (κ1) is 19.9. The highest BCUT2D eigenvalue weighted by molar-refractivity contribution is 5.95. The zero-order chi connectivity index (χ0) is 21.2. The lowest BCUT2D eigenvalue weighted by Gasteiger charge is -2.31. The number of phenolic OH excluding ortho intramolecular Hbond substituents is 1. The first-order valence-corrected chi connectivity index (χ1v) is 11.1. The number of aromatic nitrogens is 2.